The van der Waals surface area contributed by atoms with Crippen LogP contribution in [0.2, 0.25) is 25.7 Å². The number of nitrogens with one attached hydrogen (secondary N) is 1. The van der Waals surface area contributed by atoms with Gasteiger partial charge < -0.3 is 5.32 Å². The fraction of sp³-hybridized carbons (Fsp3) is 0.533. The van der Waals surface area contributed by atoms with Crippen molar-refractivity contribution in [2.45, 2.75) is 97.1 Å². The molecule has 0 amide bonds. The number of carbonyl (C=O) groups is 1. The SMILES string of the molecule is CCCCC(N=C(CCC)C(C)C(=O)CC[Si](C)(C)C)C(Nc1ccccc1)c1ccccc1. The van der Waals surface area contributed by atoms with Crippen LogP contribution >= 0.6 is 0 Å². The summed E-state index contributed by atoms with van der Waals surface area (Å²) in [5.41, 5.74) is 3.43. The van der Waals surface area contributed by atoms with Crippen molar-refractivity contribution in [3.05, 3.63) is 66.2 Å². The minimum absolute atomic E-state index is 0.0614. The molecule has 0 fully saturated rings. The molecule has 34 heavy (non-hydrogen) atoms. The van der Waals surface area contributed by atoms with Gasteiger partial charge in [0.15, 0.2) is 0 Å². The quantitative estimate of drug-likeness (QED) is 0.206. The Bertz CT molecular complexity index is 874. The van der Waals surface area contributed by atoms with Crippen LogP contribution in [0.15, 0.2) is 65.7 Å². The highest BCUT2D eigenvalue weighted by atomic mass is 28.3. The van der Waals surface area contributed by atoms with Gasteiger partial charge in [-0.05, 0) is 30.5 Å². The Hall–Kier alpha value is -2.20. The van der Waals surface area contributed by atoms with E-state index >= 15 is 0 Å². The van der Waals surface area contributed by atoms with Crippen LogP contribution in [0.25, 0.3) is 0 Å². The predicted octanol–water partition coefficient (Wildman–Crippen LogP) is 8.57. The highest BCUT2D eigenvalue weighted by Gasteiger charge is 2.26. The average molecular weight is 479 g/mol. The summed E-state index contributed by atoms with van der Waals surface area (Å²) in [6.45, 7) is 13.5. The van der Waals surface area contributed by atoms with Crippen LogP contribution < -0.4 is 5.32 Å². The van der Waals surface area contributed by atoms with Gasteiger partial charge in [-0.25, -0.2) is 0 Å². The molecule has 2 rings (SSSR count). The molecule has 0 heterocycles. The summed E-state index contributed by atoms with van der Waals surface area (Å²) in [7, 11) is -1.24. The molecule has 186 valence electrons. The maximum Gasteiger partial charge on any atom is 0.141 e. The van der Waals surface area contributed by atoms with Crippen LogP contribution in [0.4, 0.5) is 5.69 Å². The fourth-order valence-corrected chi connectivity index (χ4v) is 5.25. The zero-order chi connectivity index (χ0) is 25.0. The third kappa shape index (κ3) is 9.58. The Morgan fingerprint density at radius 2 is 1.53 bits per heavy atom. The number of hydrogen-bond donors (Lipinski definition) is 1. The summed E-state index contributed by atoms with van der Waals surface area (Å²) >= 11 is 0. The second-order valence-electron chi connectivity index (χ2n) is 10.7. The van der Waals surface area contributed by atoms with Gasteiger partial charge in [0.2, 0.25) is 0 Å². The van der Waals surface area contributed by atoms with Gasteiger partial charge in [-0.3, -0.25) is 9.79 Å². The fourth-order valence-electron chi connectivity index (χ4n) is 4.26. The predicted molar refractivity (Wildman–Crippen MR) is 152 cm³/mol. The third-order valence-electron chi connectivity index (χ3n) is 6.43. The second kappa shape index (κ2) is 14.3. The molecule has 0 radical (unpaired) electrons. The highest BCUT2D eigenvalue weighted by Crippen LogP contribution is 2.29. The summed E-state index contributed by atoms with van der Waals surface area (Å²) < 4.78 is 0. The molecule has 2 aromatic carbocycles. The van der Waals surface area contributed by atoms with E-state index in [1.165, 1.54) is 5.56 Å². The standard InChI is InChI=1S/C30H46N2OSi/c1-7-9-21-28(32-27(16-8-2)24(3)29(33)22-23-34(4,5)6)30(25-17-12-10-13-18-25)31-26-19-14-11-15-20-26/h10-15,17-20,24,28,30-31H,7-9,16,21-23H2,1-6H3. The van der Waals surface area contributed by atoms with Crippen molar-refractivity contribution < 1.29 is 4.79 Å². The Labute approximate surface area is 209 Å². The van der Waals surface area contributed by atoms with E-state index in [2.05, 4.69) is 100 Å². The Morgan fingerprint density at radius 3 is 2.09 bits per heavy atom. The van der Waals surface area contributed by atoms with Gasteiger partial charge in [-0.15, -0.1) is 0 Å². The Morgan fingerprint density at radius 1 is 0.912 bits per heavy atom. The van der Waals surface area contributed by atoms with Gasteiger partial charge in [-0.2, -0.15) is 0 Å². The lowest BCUT2D eigenvalue weighted by atomic mass is 9.92. The lowest BCUT2D eigenvalue weighted by Gasteiger charge is -2.29. The van der Waals surface area contributed by atoms with Crippen molar-refractivity contribution in [3.8, 4) is 0 Å². The first-order valence-electron chi connectivity index (χ1n) is 13.2. The van der Waals surface area contributed by atoms with Crippen molar-refractivity contribution in [2.24, 2.45) is 10.9 Å². The van der Waals surface area contributed by atoms with Gasteiger partial charge in [0.1, 0.15) is 5.78 Å². The lowest BCUT2D eigenvalue weighted by Crippen LogP contribution is -2.30. The van der Waals surface area contributed by atoms with Gasteiger partial charge in [0.05, 0.1) is 18.0 Å². The molecule has 0 aliphatic rings. The molecule has 1 N–H and O–H groups in total. The normalized spacial score (nSPS) is 14.9. The first-order chi connectivity index (χ1) is 16.2. The molecule has 0 aliphatic carbocycles. The molecule has 4 heteroatoms. The van der Waals surface area contributed by atoms with E-state index in [0.29, 0.717) is 12.2 Å². The summed E-state index contributed by atoms with van der Waals surface area (Å²) in [5, 5.41) is 3.78. The zero-order valence-electron chi connectivity index (χ0n) is 22.3. The molecule has 0 aliphatic heterocycles. The molecule has 0 spiro atoms. The van der Waals surface area contributed by atoms with E-state index in [1.807, 2.05) is 6.07 Å². The number of benzene rings is 2. The van der Waals surface area contributed by atoms with E-state index in [9.17, 15) is 4.79 Å². The number of hydrogen-bond acceptors (Lipinski definition) is 3. The monoisotopic (exact) mass is 478 g/mol. The van der Waals surface area contributed by atoms with Gasteiger partial charge in [0.25, 0.3) is 0 Å². The number of carbonyl (C=O) groups excluding carboxylic acids is 1. The minimum Gasteiger partial charge on any atom is -0.376 e. The van der Waals surface area contributed by atoms with Crippen LogP contribution in [0.1, 0.15) is 70.9 Å². The minimum atomic E-state index is -1.24. The van der Waals surface area contributed by atoms with E-state index < -0.39 is 8.07 Å². The molecule has 0 bridgehead atoms. The number of ketones is 1. The molecule has 0 aromatic heterocycles. The number of unbranched alkanes of at least 4 members (excludes halogenated alkanes) is 1. The summed E-state index contributed by atoms with van der Waals surface area (Å²) in [6, 6.07) is 22.3. The van der Waals surface area contributed by atoms with Crippen LogP contribution in [0.3, 0.4) is 0 Å². The molecule has 3 atom stereocenters. The maximum absolute atomic E-state index is 13.2. The number of aliphatic imine (C=N–C) groups is 1. The van der Waals surface area contributed by atoms with Crippen LogP contribution in [0.5, 0.6) is 0 Å². The first-order valence-corrected chi connectivity index (χ1v) is 16.9. The molecular weight excluding hydrogens is 432 g/mol. The van der Waals surface area contributed by atoms with E-state index in [1.54, 1.807) is 0 Å². The van der Waals surface area contributed by atoms with Crippen LogP contribution in [-0.2, 0) is 4.79 Å². The second-order valence-corrected chi connectivity index (χ2v) is 16.3. The number of anilines is 1. The zero-order valence-corrected chi connectivity index (χ0v) is 23.3. The van der Waals surface area contributed by atoms with Crippen LogP contribution in [-0.4, -0.2) is 25.6 Å². The smallest absolute Gasteiger partial charge is 0.141 e. The average Bonchev–Trinajstić information content (AvgIpc) is 2.83. The summed E-state index contributed by atoms with van der Waals surface area (Å²) in [6.07, 6.45) is 5.82. The molecule has 3 nitrogen and oxygen atoms in total. The van der Waals surface area contributed by atoms with Gasteiger partial charge >= 0.3 is 0 Å². The number of rotatable bonds is 15. The van der Waals surface area contributed by atoms with Crippen LogP contribution in [0, 0.1) is 5.92 Å². The van der Waals surface area contributed by atoms with E-state index in [-0.39, 0.29) is 18.0 Å². The lowest BCUT2D eigenvalue weighted by molar-refractivity contribution is -0.120. The number of nitrogens with zero attached hydrogens (tertiary/aromatic N) is 1. The topological polar surface area (TPSA) is 41.5 Å². The Kier molecular flexibility index (Phi) is 11.8. The van der Waals surface area contributed by atoms with Crippen molar-refractivity contribution >= 4 is 25.3 Å². The highest BCUT2D eigenvalue weighted by molar-refractivity contribution is 6.76. The first kappa shape index (κ1) is 28.0. The van der Waals surface area contributed by atoms with E-state index in [0.717, 1.165) is 49.5 Å². The molecular formula is C30H46N2OSi. The van der Waals surface area contributed by atoms with E-state index in [4.69, 9.17) is 4.99 Å². The molecule has 2 aromatic rings. The van der Waals surface area contributed by atoms with Crippen molar-refractivity contribution in [1.82, 2.24) is 0 Å². The van der Waals surface area contributed by atoms with Crippen molar-refractivity contribution in [2.75, 3.05) is 5.32 Å². The summed E-state index contributed by atoms with van der Waals surface area (Å²) in [5.74, 6) is 0.254. The molecule has 3 unspecified atom stereocenters. The van der Waals surface area contributed by atoms with Gasteiger partial charge in [-0.1, -0.05) is 114 Å². The number of para-hydroxylation sites is 1. The Balaban J connectivity index is 2.40. The summed E-state index contributed by atoms with van der Waals surface area (Å²) in [4.78, 5) is 18.5. The third-order valence-corrected chi connectivity index (χ3v) is 8.18. The molecule has 0 saturated heterocycles. The van der Waals surface area contributed by atoms with Crippen molar-refractivity contribution in [1.29, 1.82) is 0 Å². The number of Topliss-reactive ketones (excluding diaryl/α,β-unsaturated/α-hetero) is 1. The maximum atomic E-state index is 13.2. The van der Waals surface area contributed by atoms with Gasteiger partial charge in [0, 0.05) is 25.9 Å². The molecule has 0 saturated carbocycles. The van der Waals surface area contributed by atoms with Crippen molar-refractivity contribution in [3.63, 3.8) is 0 Å². The largest absolute Gasteiger partial charge is 0.376 e.